The fourth-order valence-electron chi connectivity index (χ4n) is 5.61. The third-order valence-corrected chi connectivity index (χ3v) is 8.50. The second kappa shape index (κ2) is 10.5. The highest BCUT2D eigenvalue weighted by Gasteiger charge is 2.50. The molecule has 3 aliphatic rings. The van der Waals surface area contributed by atoms with Gasteiger partial charge in [-0.15, -0.1) is 0 Å². The number of phosphoric ester groups is 1. The lowest BCUT2D eigenvalue weighted by Crippen LogP contribution is -2.37. The van der Waals surface area contributed by atoms with Gasteiger partial charge in [0.25, 0.3) is 5.56 Å². The van der Waals surface area contributed by atoms with Gasteiger partial charge >= 0.3 is 7.82 Å². The molecule has 7 heterocycles. The van der Waals surface area contributed by atoms with Crippen molar-refractivity contribution in [1.29, 1.82) is 0 Å². The van der Waals surface area contributed by atoms with Crippen LogP contribution in [0.25, 0.3) is 22.3 Å². The van der Waals surface area contributed by atoms with Crippen molar-refractivity contribution < 1.29 is 42.2 Å². The van der Waals surface area contributed by atoms with Gasteiger partial charge < -0.3 is 35.7 Å². The SMILES string of the molecule is Nc1nc2c(ncn2C2O[C@@H]3CC(O)COC4C(COP(=O)(O)O[C@H]2C3)OC(n2cnc3c(N)ncnc32)C4F)c(=O)[nH]1. The molecule has 7 unspecified atom stereocenters. The number of H-pyrrole nitrogens is 1. The first-order chi connectivity index (χ1) is 20.6. The number of halogens is 1. The zero-order valence-corrected chi connectivity index (χ0v) is 22.9. The Balaban J connectivity index is 1.16. The van der Waals surface area contributed by atoms with Crippen molar-refractivity contribution in [3.63, 3.8) is 0 Å². The van der Waals surface area contributed by atoms with E-state index in [2.05, 4.69) is 29.9 Å². The molecule has 3 aliphatic heterocycles. The van der Waals surface area contributed by atoms with Crippen LogP contribution in [-0.4, -0.2) is 98.9 Å². The molecule has 4 aromatic heterocycles. The zero-order chi connectivity index (χ0) is 30.0. The summed E-state index contributed by atoms with van der Waals surface area (Å²) >= 11 is 0. The highest BCUT2D eigenvalue weighted by Crippen LogP contribution is 2.50. The first-order valence-corrected chi connectivity index (χ1v) is 14.6. The molecule has 43 heavy (non-hydrogen) atoms. The number of nitrogen functional groups attached to an aromatic ring is 2. The summed E-state index contributed by atoms with van der Waals surface area (Å²) in [5, 5.41) is 10.8. The summed E-state index contributed by atoms with van der Waals surface area (Å²) in [6, 6.07) is 0. The predicted molar refractivity (Wildman–Crippen MR) is 141 cm³/mol. The van der Waals surface area contributed by atoms with E-state index < -0.39 is 69.1 Å². The van der Waals surface area contributed by atoms with Crippen LogP contribution in [0, 0.1) is 0 Å². The van der Waals surface area contributed by atoms with Crippen LogP contribution >= 0.6 is 7.82 Å². The number of nitrogens with zero attached hydrogens (tertiary/aromatic N) is 7. The van der Waals surface area contributed by atoms with Gasteiger partial charge in [0.1, 0.15) is 30.2 Å². The number of aromatic nitrogens is 8. The van der Waals surface area contributed by atoms with Crippen molar-refractivity contribution in [2.24, 2.45) is 0 Å². The predicted octanol–water partition coefficient (Wildman–Crippen LogP) is -0.701. The molecular formula is C22H26FN10O9P. The topological polar surface area (TPSA) is 263 Å². The van der Waals surface area contributed by atoms with E-state index in [-0.39, 0.29) is 53.5 Å². The number of phosphoric acid groups is 1. The van der Waals surface area contributed by atoms with Crippen molar-refractivity contribution >= 4 is 41.9 Å². The van der Waals surface area contributed by atoms with Crippen LogP contribution in [0.2, 0.25) is 0 Å². The molecule has 19 nitrogen and oxygen atoms in total. The Hall–Kier alpha value is -3.62. The van der Waals surface area contributed by atoms with Gasteiger partial charge in [0.2, 0.25) is 5.95 Å². The van der Waals surface area contributed by atoms with Crippen LogP contribution in [0.3, 0.4) is 0 Å². The second-order valence-electron chi connectivity index (χ2n) is 10.3. The molecule has 0 saturated carbocycles. The van der Waals surface area contributed by atoms with E-state index >= 15 is 4.39 Å². The van der Waals surface area contributed by atoms with Gasteiger partial charge in [0, 0.05) is 12.8 Å². The highest BCUT2D eigenvalue weighted by molar-refractivity contribution is 7.47. The molecule has 0 amide bonds. The number of fused-ring (bicyclic) bond motifs is 5. The Morgan fingerprint density at radius 1 is 1.00 bits per heavy atom. The number of hydrogen-bond acceptors (Lipinski definition) is 15. The van der Waals surface area contributed by atoms with Gasteiger partial charge in [-0.3, -0.25) is 28.0 Å². The third kappa shape index (κ3) is 5.04. The lowest BCUT2D eigenvalue weighted by molar-refractivity contribution is -0.0934. The normalized spacial score (nSPS) is 35.4. The maximum atomic E-state index is 15.8. The summed E-state index contributed by atoms with van der Waals surface area (Å²) in [4.78, 5) is 45.6. The van der Waals surface area contributed by atoms with Crippen molar-refractivity contribution in [3.8, 4) is 0 Å². The smallest absolute Gasteiger partial charge is 0.391 e. The summed E-state index contributed by atoms with van der Waals surface area (Å²) in [5.41, 5.74) is 11.4. The van der Waals surface area contributed by atoms with Gasteiger partial charge in [0.15, 0.2) is 41.3 Å². The molecule has 9 atom stereocenters. The van der Waals surface area contributed by atoms with E-state index in [4.69, 9.17) is 34.7 Å². The number of aliphatic hydroxyl groups is 1. The van der Waals surface area contributed by atoms with Crippen molar-refractivity contribution in [3.05, 3.63) is 29.3 Å². The largest absolute Gasteiger partial charge is 0.472 e. The molecule has 0 aromatic carbocycles. The molecule has 0 radical (unpaired) electrons. The van der Waals surface area contributed by atoms with Crippen LogP contribution < -0.4 is 17.0 Å². The number of nitrogens with one attached hydrogen (secondary N) is 1. The summed E-state index contributed by atoms with van der Waals surface area (Å²) < 4.78 is 60.1. The fraction of sp³-hybridized carbons (Fsp3) is 0.545. The lowest BCUT2D eigenvalue weighted by Gasteiger charge is -2.25. The molecular weight excluding hydrogens is 598 g/mol. The first-order valence-electron chi connectivity index (χ1n) is 13.1. The van der Waals surface area contributed by atoms with Gasteiger partial charge in [-0.2, -0.15) is 4.98 Å². The molecule has 0 spiro atoms. The van der Waals surface area contributed by atoms with E-state index in [1.807, 2.05) is 0 Å². The quantitative estimate of drug-likeness (QED) is 0.173. The molecule has 2 bridgehead atoms. The number of hydrogen-bond donors (Lipinski definition) is 5. The molecule has 7 N–H and O–H groups in total. The summed E-state index contributed by atoms with van der Waals surface area (Å²) in [6.07, 6.45) is -5.91. The minimum absolute atomic E-state index is 0.00327. The van der Waals surface area contributed by atoms with Gasteiger partial charge in [-0.25, -0.2) is 28.9 Å². The van der Waals surface area contributed by atoms with Crippen molar-refractivity contribution in [2.45, 2.75) is 62.0 Å². The van der Waals surface area contributed by atoms with Crippen LogP contribution in [0.5, 0.6) is 0 Å². The lowest BCUT2D eigenvalue weighted by atomic mass is 10.1. The van der Waals surface area contributed by atoms with Crippen molar-refractivity contribution in [1.82, 2.24) is 39.0 Å². The van der Waals surface area contributed by atoms with Crippen LogP contribution in [0.1, 0.15) is 25.3 Å². The number of anilines is 2. The summed E-state index contributed by atoms with van der Waals surface area (Å²) in [6.45, 7) is -0.926. The Labute approximate surface area is 239 Å². The number of aromatic amines is 1. The van der Waals surface area contributed by atoms with Crippen molar-refractivity contribution in [2.75, 3.05) is 24.7 Å². The molecule has 7 rings (SSSR count). The second-order valence-corrected chi connectivity index (χ2v) is 11.8. The summed E-state index contributed by atoms with van der Waals surface area (Å²) in [5.74, 6) is -0.0852. The van der Waals surface area contributed by atoms with Crippen LogP contribution in [0.4, 0.5) is 16.2 Å². The fourth-order valence-corrected chi connectivity index (χ4v) is 6.54. The summed E-state index contributed by atoms with van der Waals surface area (Å²) in [7, 11) is -4.83. The van der Waals surface area contributed by atoms with E-state index in [0.717, 1.165) is 0 Å². The molecule has 3 fully saturated rings. The Kier molecular flexibility index (Phi) is 6.89. The number of nitrogens with two attached hydrogens (primary N) is 2. The zero-order valence-electron chi connectivity index (χ0n) is 22.0. The van der Waals surface area contributed by atoms with Gasteiger partial charge in [0.05, 0.1) is 38.1 Å². The number of rotatable bonds is 2. The van der Waals surface area contributed by atoms with E-state index in [0.29, 0.717) is 0 Å². The average Bonchev–Trinajstić information content (AvgIpc) is 3.71. The number of ether oxygens (including phenoxy) is 3. The highest BCUT2D eigenvalue weighted by atomic mass is 31.2. The molecule has 230 valence electrons. The monoisotopic (exact) mass is 624 g/mol. The van der Waals surface area contributed by atoms with Crippen LogP contribution in [0.15, 0.2) is 23.8 Å². The number of aliphatic hydroxyl groups excluding tert-OH is 1. The Bertz CT molecular complexity index is 1790. The van der Waals surface area contributed by atoms with Gasteiger partial charge in [-0.1, -0.05) is 0 Å². The molecule has 4 aromatic rings. The molecule has 3 saturated heterocycles. The Morgan fingerprint density at radius 2 is 1.77 bits per heavy atom. The van der Waals surface area contributed by atoms with E-state index in [9.17, 15) is 19.4 Å². The van der Waals surface area contributed by atoms with E-state index in [1.165, 1.54) is 28.1 Å². The minimum Gasteiger partial charge on any atom is -0.391 e. The first kappa shape index (κ1) is 28.2. The maximum Gasteiger partial charge on any atom is 0.472 e. The van der Waals surface area contributed by atoms with Crippen LogP contribution in [-0.2, 0) is 27.8 Å². The molecule has 0 aliphatic carbocycles. The number of imidazole rings is 2. The molecule has 21 heteroatoms. The standard InChI is InChI=1S/C22H26FN10O9P/c23-12-15-11(41-21(12)32-6-28-13-16(24)26-5-27-17(13)32)4-39-43(36,37)42-10-2-9(1-8(34)3-38-15)40-20(10)33-7-29-14-18(33)30-22(25)31-19(14)35/h5-12,15,20-21,34H,1-4H2,(H,36,37)(H2,24,26,27)(H3,25,30,31,35)/t8?,9-,10+,11?,12?,15?,20?,21?/m1/s1. The minimum atomic E-state index is -4.83. The number of alkyl halides is 1. The van der Waals surface area contributed by atoms with E-state index in [1.54, 1.807) is 0 Å². The third-order valence-electron chi connectivity index (χ3n) is 7.48. The Morgan fingerprint density at radius 3 is 2.58 bits per heavy atom. The maximum absolute atomic E-state index is 15.8. The average molecular weight is 624 g/mol. The van der Waals surface area contributed by atoms with Gasteiger partial charge in [-0.05, 0) is 0 Å².